The Morgan fingerprint density at radius 1 is 1.29 bits per heavy atom. The van der Waals surface area contributed by atoms with Crippen LogP contribution in [0.1, 0.15) is 30.9 Å². The summed E-state index contributed by atoms with van der Waals surface area (Å²) in [4.78, 5) is 0. The van der Waals surface area contributed by atoms with Gasteiger partial charge in [-0.1, -0.05) is 55.0 Å². The monoisotopic (exact) mass is 201 g/mol. The maximum absolute atomic E-state index is 2.44. The molecule has 0 fully saturated rings. The van der Waals surface area contributed by atoms with E-state index in [2.05, 4.69) is 45.8 Å². The van der Waals surface area contributed by atoms with Gasteiger partial charge < -0.3 is 0 Å². The summed E-state index contributed by atoms with van der Waals surface area (Å²) < 4.78 is 0. The van der Waals surface area contributed by atoms with Crippen LogP contribution in [0.4, 0.5) is 0 Å². The Morgan fingerprint density at radius 2 is 2.07 bits per heavy atom. The summed E-state index contributed by atoms with van der Waals surface area (Å²) in [6.45, 7) is 9.10. The number of rotatable bonds is 5. The average Bonchev–Trinajstić information content (AvgIpc) is 2.19. The summed E-state index contributed by atoms with van der Waals surface area (Å²) in [5.41, 5.74) is 2.89. The Hall–Kier alpha value is -0.498. The molecule has 1 rings (SSSR count). The Bertz CT molecular complexity index is 284. The van der Waals surface area contributed by atoms with Crippen LogP contribution in [-0.2, 0) is 0 Å². The van der Waals surface area contributed by atoms with Crippen molar-refractivity contribution in [2.75, 3.05) is 0 Å². The van der Waals surface area contributed by atoms with E-state index in [4.69, 9.17) is 0 Å². The lowest BCUT2D eigenvalue weighted by atomic mass is 9.98. The van der Waals surface area contributed by atoms with E-state index in [9.17, 15) is 0 Å². The maximum atomic E-state index is 2.44. The van der Waals surface area contributed by atoms with Gasteiger partial charge in [0.2, 0.25) is 0 Å². The van der Waals surface area contributed by atoms with Crippen LogP contribution < -0.4 is 5.19 Å². The molecule has 0 spiro atoms. The van der Waals surface area contributed by atoms with E-state index in [0.29, 0.717) is 0 Å². The van der Waals surface area contributed by atoms with Gasteiger partial charge in [0.05, 0.1) is 0 Å². The zero-order valence-electron chi connectivity index (χ0n) is 9.43. The Kier molecular flexibility index (Phi) is 5.02. The smallest absolute Gasteiger partial charge is 0.0830 e. The molecule has 0 bridgehead atoms. The van der Waals surface area contributed by atoms with Crippen molar-refractivity contribution in [2.24, 2.45) is 0 Å². The molecule has 0 aliphatic rings. The van der Waals surface area contributed by atoms with E-state index in [1.54, 1.807) is 0 Å². The zero-order valence-corrected chi connectivity index (χ0v) is 10.4. The van der Waals surface area contributed by atoms with Crippen molar-refractivity contribution in [3.63, 3.8) is 0 Å². The van der Waals surface area contributed by atoms with Crippen LogP contribution in [0.3, 0.4) is 0 Å². The first-order valence-electron chi connectivity index (χ1n) is 5.40. The number of benzene rings is 1. The van der Waals surface area contributed by atoms with E-state index in [1.165, 1.54) is 35.5 Å². The van der Waals surface area contributed by atoms with Gasteiger partial charge in [-0.05, 0) is 19.4 Å². The van der Waals surface area contributed by atoms with Gasteiger partial charge in [0.15, 0.2) is 0 Å². The van der Waals surface area contributed by atoms with E-state index >= 15 is 0 Å². The quantitative estimate of drug-likeness (QED) is 0.507. The van der Waals surface area contributed by atoms with Crippen LogP contribution in [0, 0.1) is 13.8 Å². The second kappa shape index (κ2) is 6.07. The number of unbranched alkanes of at least 4 members (excludes halogenated alkanes) is 1. The molecular formula is C12H18BSi. The molecule has 0 nitrogen and oxygen atoms in total. The number of hydrogen-bond acceptors (Lipinski definition) is 0. The second-order valence-corrected chi connectivity index (χ2v) is 4.97. The molecule has 1 aromatic rings. The molecule has 0 amide bonds. The predicted molar refractivity (Wildman–Crippen MR) is 66.8 cm³/mol. The van der Waals surface area contributed by atoms with Crippen molar-refractivity contribution in [1.82, 2.24) is 0 Å². The van der Waals surface area contributed by atoms with Crippen LogP contribution in [0.25, 0.3) is 0 Å². The molecule has 14 heavy (non-hydrogen) atoms. The molecule has 0 aliphatic carbocycles. The van der Waals surface area contributed by atoms with Crippen molar-refractivity contribution in [3.05, 3.63) is 29.3 Å². The van der Waals surface area contributed by atoms with Crippen LogP contribution in [0.5, 0.6) is 0 Å². The maximum Gasteiger partial charge on any atom is 0.103 e. The molecule has 3 radical (unpaired) electrons. The van der Waals surface area contributed by atoms with Crippen molar-refractivity contribution < 1.29 is 0 Å². The van der Waals surface area contributed by atoms with Crippen LogP contribution in [0.15, 0.2) is 18.2 Å². The van der Waals surface area contributed by atoms with Gasteiger partial charge in [-0.15, -0.1) is 0 Å². The fourth-order valence-corrected chi connectivity index (χ4v) is 2.57. The highest BCUT2D eigenvalue weighted by atomic mass is 28.2. The molecule has 0 atom stereocenters. The summed E-state index contributed by atoms with van der Waals surface area (Å²) in [5, 5.41) is 1.51. The largest absolute Gasteiger partial charge is 0.103 e. The second-order valence-electron chi connectivity index (χ2n) is 3.74. The third kappa shape index (κ3) is 3.34. The zero-order chi connectivity index (χ0) is 10.4. The first kappa shape index (κ1) is 11.6. The first-order chi connectivity index (χ1) is 6.75. The van der Waals surface area contributed by atoms with Crippen molar-refractivity contribution in [3.8, 4) is 0 Å². The molecule has 0 N–H and O–H groups in total. The molecule has 0 saturated carbocycles. The van der Waals surface area contributed by atoms with Crippen LogP contribution in [-0.4, -0.2) is 16.3 Å². The minimum absolute atomic E-state index is 0.885. The third-order valence-corrected chi connectivity index (χ3v) is 3.91. The highest BCUT2D eigenvalue weighted by Crippen LogP contribution is 2.02. The van der Waals surface area contributed by atoms with Crippen LogP contribution in [0.2, 0.25) is 6.32 Å². The fraction of sp³-hybridized carbons (Fsp3) is 0.500. The van der Waals surface area contributed by atoms with Gasteiger partial charge in [-0.3, -0.25) is 0 Å². The minimum atomic E-state index is 0.885. The topological polar surface area (TPSA) is 0 Å². The molecular weight excluding hydrogens is 183 g/mol. The summed E-state index contributed by atoms with van der Waals surface area (Å²) in [5.74, 6) is 0. The highest BCUT2D eigenvalue weighted by molar-refractivity contribution is 7.07. The van der Waals surface area contributed by atoms with Gasteiger partial charge in [0, 0.05) is 9.39 Å². The lowest BCUT2D eigenvalue weighted by Gasteiger charge is -2.06. The predicted octanol–water partition coefficient (Wildman–Crippen LogP) is 2.47. The van der Waals surface area contributed by atoms with Gasteiger partial charge in [0.1, 0.15) is 6.87 Å². The van der Waals surface area contributed by atoms with Gasteiger partial charge in [0.25, 0.3) is 0 Å². The Balaban J connectivity index is 2.46. The summed E-state index contributed by atoms with van der Waals surface area (Å²) in [7, 11) is 0.885. The number of aryl methyl sites for hydroxylation is 1. The third-order valence-electron chi connectivity index (χ3n) is 2.56. The van der Waals surface area contributed by atoms with Crippen molar-refractivity contribution in [2.45, 2.75) is 39.9 Å². The minimum Gasteiger partial charge on any atom is -0.0830 e. The average molecular weight is 201 g/mol. The van der Waals surface area contributed by atoms with E-state index in [-0.39, 0.29) is 0 Å². The van der Waals surface area contributed by atoms with Gasteiger partial charge in [-0.25, -0.2) is 0 Å². The standard InChI is InChI=1S/C12H18BSi/c1-4-5-9-13-14-12-8-6-7-10(2)11(12)3/h6-8H,4-5,9H2,1-3H3. The molecule has 2 heteroatoms. The van der Waals surface area contributed by atoms with E-state index < -0.39 is 0 Å². The molecule has 0 saturated heterocycles. The number of hydrogen-bond donors (Lipinski definition) is 0. The Morgan fingerprint density at radius 3 is 2.79 bits per heavy atom. The molecule has 0 aromatic heterocycles. The highest BCUT2D eigenvalue weighted by Gasteiger charge is 2.01. The molecule has 73 valence electrons. The van der Waals surface area contributed by atoms with E-state index in [1.807, 2.05) is 0 Å². The summed E-state index contributed by atoms with van der Waals surface area (Å²) in [6.07, 6.45) is 3.90. The summed E-state index contributed by atoms with van der Waals surface area (Å²) >= 11 is 0. The lowest BCUT2D eigenvalue weighted by molar-refractivity contribution is 0.882. The van der Waals surface area contributed by atoms with E-state index in [0.717, 1.165) is 9.39 Å². The van der Waals surface area contributed by atoms with Gasteiger partial charge in [-0.2, -0.15) is 0 Å². The normalized spacial score (nSPS) is 10.2. The fourth-order valence-electron chi connectivity index (χ4n) is 1.40. The SMILES string of the molecule is CCCC[B][Si]c1cccc(C)c1C. The van der Waals surface area contributed by atoms with Gasteiger partial charge >= 0.3 is 0 Å². The molecule has 0 unspecified atom stereocenters. The van der Waals surface area contributed by atoms with Crippen LogP contribution >= 0.6 is 0 Å². The molecule has 1 aromatic carbocycles. The molecule has 0 aliphatic heterocycles. The van der Waals surface area contributed by atoms with Crippen molar-refractivity contribution in [1.29, 1.82) is 0 Å². The molecule has 0 heterocycles. The van der Waals surface area contributed by atoms with Crippen molar-refractivity contribution >= 4 is 21.4 Å². The summed E-state index contributed by atoms with van der Waals surface area (Å²) in [6, 6.07) is 6.61. The lowest BCUT2D eigenvalue weighted by Crippen LogP contribution is -2.23. The Labute approximate surface area is 91.1 Å². The first-order valence-corrected chi connectivity index (χ1v) is 6.48.